The SMILES string of the molecule is CN(C)C(=O)C1CC(c2ncc(N3CC[C@@H](Oc4ccc(C(=O)C5CC5)cc4)C3=O)cn2)C1. The van der Waals surface area contributed by atoms with Gasteiger partial charge in [0.25, 0.3) is 5.91 Å². The van der Waals surface area contributed by atoms with E-state index < -0.39 is 6.10 Å². The van der Waals surface area contributed by atoms with E-state index in [0.717, 1.165) is 31.5 Å². The second-order valence-corrected chi connectivity index (χ2v) is 9.45. The molecule has 5 rings (SSSR count). The first kappa shape index (κ1) is 21.6. The lowest BCUT2D eigenvalue weighted by Gasteiger charge is -2.34. The zero-order valence-corrected chi connectivity index (χ0v) is 18.9. The number of Topliss-reactive ketones (excluding diaryl/α,β-unsaturated/α-hetero) is 1. The summed E-state index contributed by atoms with van der Waals surface area (Å²) in [4.78, 5) is 49.3. The molecular formula is C25H28N4O4. The Kier molecular flexibility index (Phi) is 5.60. The van der Waals surface area contributed by atoms with Crippen LogP contribution in [0.4, 0.5) is 5.69 Å². The van der Waals surface area contributed by atoms with Crippen molar-refractivity contribution in [3.8, 4) is 5.75 Å². The molecule has 3 aliphatic rings. The molecule has 1 aromatic carbocycles. The van der Waals surface area contributed by atoms with Crippen molar-refractivity contribution in [1.29, 1.82) is 0 Å². The average Bonchev–Trinajstić information content (AvgIpc) is 3.58. The molecule has 8 heteroatoms. The summed E-state index contributed by atoms with van der Waals surface area (Å²) in [5.41, 5.74) is 1.35. The summed E-state index contributed by atoms with van der Waals surface area (Å²) in [6.45, 7) is 0.535. The first-order valence-electron chi connectivity index (χ1n) is 11.6. The topological polar surface area (TPSA) is 92.7 Å². The van der Waals surface area contributed by atoms with Gasteiger partial charge in [0, 0.05) is 50.4 Å². The molecule has 0 spiro atoms. The summed E-state index contributed by atoms with van der Waals surface area (Å²) in [6, 6.07) is 7.07. The third-order valence-corrected chi connectivity index (χ3v) is 6.78. The maximum atomic E-state index is 12.9. The lowest BCUT2D eigenvalue weighted by molar-refractivity contribution is -0.136. The molecule has 0 N–H and O–H groups in total. The number of rotatable bonds is 7. The fraction of sp³-hybridized carbons (Fsp3) is 0.480. The van der Waals surface area contributed by atoms with Gasteiger partial charge in [-0.1, -0.05) is 0 Å². The summed E-state index contributed by atoms with van der Waals surface area (Å²) in [5.74, 6) is 1.95. The minimum Gasteiger partial charge on any atom is -0.481 e. The number of nitrogens with zero attached hydrogens (tertiary/aromatic N) is 4. The summed E-state index contributed by atoms with van der Waals surface area (Å²) in [6.07, 6.45) is 6.85. The molecule has 33 heavy (non-hydrogen) atoms. The standard InChI is InChI=1S/C25H28N4O4/c1-28(2)24(31)18-11-17(12-18)23-26-13-19(14-27-23)29-10-9-21(25(29)32)33-20-7-5-16(6-8-20)22(30)15-3-4-15/h5-8,13-15,17-18,21H,3-4,9-12H2,1-2H3/t17?,18?,21-/m1/s1. The molecule has 172 valence electrons. The van der Waals surface area contributed by atoms with E-state index in [9.17, 15) is 14.4 Å². The molecule has 0 unspecified atom stereocenters. The Labute approximate surface area is 193 Å². The number of amides is 2. The molecule has 8 nitrogen and oxygen atoms in total. The number of carbonyl (C=O) groups excluding carboxylic acids is 3. The van der Waals surface area contributed by atoms with E-state index >= 15 is 0 Å². The van der Waals surface area contributed by atoms with Crippen molar-refractivity contribution >= 4 is 23.3 Å². The number of anilines is 1. The van der Waals surface area contributed by atoms with Crippen molar-refractivity contribution in [3.63, 3.8) is 0 Å². The number of hydrogen-bond acceptors (Lipinski definition) is 6. The Morgan fingerprint density at radius 2 is 1.67 bits per heavy atom. The van der Waals surface area contributed by atoms with Crippen molar-refractivity contribution < 1.29 is 19.1 Å². The van der Waals surface area contributed by atoms with Gasteiger partial charge in [0.2, 0.25) is 5.91 Å². The van der Waals surface area contributed by atoms with Crippen LogP contribution in [0.5, 0.6) is 5.75 Å². The summed E-state index contributed by atoms with van der Waals surface area (Å²) >= 11 is 0. The Morgan fingerprint density at radius 3 is 2.27 bits per heavy atom. The van der Waals surface area contributed by atoms with Crippen molar-refractivity contribution in [1.82, 2.24) is 14.9 Å². The summed E-state index contributed by atoms with van der Waals surface area (Å²) in [5, 5.41) is 0. The zero-order valence-electron chi connectivity index (χ0n) is 18.9. The first-order chi connectivity index (χ1) is 15.9. The average molecular weight is 449 g/mol. The fourth-order valence-corrected chi connectivity index (χ4v) is 4.54. The number of carbonyl (C=O) groups is 3. The van der Waals surface area contributed by atoms with Crippen LogP contribution in [0.25, 0.3) is 0 Å². The van der Waals surface area contributed by atoms with E-state index in [1.54, 1.807) is 60.6 Å². The number of benzene rings is 1. The van der Waals surface area contributed by atoms with Gasteiger partial charge in [0.1, 0.15) is 11.6 Å². The van der Waals surface area contributed by atoms with Gasteiger partial charge in [0.05, 0.1) is 18.1 Å². The highest BCUT2D eigenvalue weighted by atomic mass is 16.5. The van der Waals surface area contributed by atoms with Crippen molar-refractivity contribution in [2.24, 2.45) is 11.8 Å². The molecule has 1 aromatic heterocycles. The van der Waals surface area contributed by atoms with Crippen LogP contribution in [-0.4, -0.2) is 59.2 Å². The molecular weight excluding hydrogens is 420 g/mol. The molecule has 1 atom stereocenters. The van der Waals surface area contributed by atoms with Gasteiger partial charge in [-0.15, -0.1) is 0 Å². The molecule has 0 bridgehead atoms. The predicted octanol–water partition coefficient (Wildman–Crippen LogP) is 2.84. The van der Waals surface area contributed by atoms with E-state index in [1.165, 1.54) is 0 Å². The van der Waals surface area contributed by atoms with Crippen LogP contribution in [0.2, 0.25) is 0 Å². The zero-order chi connectivity index (χ0) is 23.1. The molecule has 3 fully saturated rings. The van der Waals surface area contributed by atoms with Gasteiger partial charge < -0.3 is 14.5 Å². The second kappa shape index (κ2) is 8.57. The largest absolute Gasteiger partial charge is 0.481 e. The summed E-state index contributed by atoms with van der Waals surface area (Å²) < 4.78 is 5.91. The highest BCUT2D eigenvalue weighted by Gasteiger charge is 2.38. The van der Waals surface area contributed by atoms with Gasteiger partial charge in [-0.25, -0.2) is 9.97 Å². The third-order valence-electron chi connectivity index (χ3n) is 6.78. The third kappa shape index (κ3) is 4.34. The fourth-order valence-electron chi connectivity index (χ4n) is 4.54. The van der Waals surface area contributed by atoms with Crippen LogP contribution in [-0.2, 0) is 9.59 Å². The molecule has 1 aliphatic heterocycles. The van der Waals surface area contributed by atoms with Gasteiger partial charge in [-0.05, 0) is 49.9 Å². The van der Waals surface area contributed by atoms with Crippen LogP contribution in [0, 0.1) is 11.8 Å². The van der Waals surface area contributed by atoms with Crippen LogP contribution < -0.4 is 9.64 Å². The molecule has 2 amide bonds. The second-order valence-electron chi connectivity index (χ2n) is 9.45. The van der Waals surface area contributed by atoms with E-state index in [1.807, 2.05) is 0 Å². The molecule has 2 aliphatic carbocycles. The molecule has 2 saturated carbocycles. The van der Waals surface area contributed by atoms with Crippen molar-refractivity contribution in [2.45, 2.75) is 44.1 Å². The number of ether oxygens (including phenoxy) is 1. The highest BCUT2D eigenvalue weighted by molar-refractivity contribution is 6.00. The van der Waals surface area contributed by atoms with E-state index in [4.69, 9.17) is 4.74 Å². The van der Waals surface area contributed by atoms with Crippen LogP contribution in [0.1, 0.15) is 54.2 Å². The summed E-state index contributed by atoms with van der Waals surface area (Å²) in [7, 11) is 3.55. The van der Waals surface area contributed by atoms with Gasteiger partial charge in [-0.2, -0.15) is 0 Å². The Morgan fingerprint density at radius 1 is 1.00 bits per heavy atom. The predicted molar refractivity (Wildman–Crippen MR) is 121 cm³/mol. The van der Waals surface area contributed by atoms with Crippen molar-refractivity contribution in [2.75, 3.05) is 25.5 Å². The maximum absolute atomic E-state index is 12.9. The Balaban J connectivity index is 1.16. The first-order valence-corrected chi connectivity index (χ1v) is 11.6. The minimum absolute atomic E-state index is 0.0484. The van der Waals surface area contributed by atoms with Crippen LogP contribution >= 0.6 is 0 Å². The van der Waals surface area contributed by atoms with Gasteiger partial charge in [-0.3, -0.25) is 14.4 Å². The Bertz CT molecular complexity index is 1060. The van der Waals surface area contributed by atoms with E-state index in [2.05, 4.69) is 9.97 Å². The molecule has 2 heterocycles. The van der Waals surface area contributed by atoms with E-state index in [0.29, 0.717) is 30.0 Å². The van der Waals surface area contributed by atoms with E-state index in [-0.39, 0.29) is 35.4 Å². The molecule has 2 aromatic rings. The van der Waals surface area contributed by atoms with Crippen molar-refractivity contribution in [3.05, 3.63) is 48.0 Å². The quantitative estimate of drug-likeness (QED) is 0.605. The van der Waals surface area contributed by atoms with Crippen LogP contribution in [0.15, 0.2) is 36.7 Å². The molecule has 1 saturated heterocycles. The highest BCUT2D eigenvalue weighted by Crippen LogP contribution is 2.41. The maximum Gasteiger partial charge on any atom is 0.268 e. The number of ketones is 1. The molecule has 0 radical (unpaired) electrons. The van der Waals surface area contributed by atoms with Crippen LogP contribution in [0.3, 0.4) is 0 Å². The number of hydrogen-bond donors (Lipinski definition) is 0. The number of aromatic nitrogens is 2. The lowest BCUT2D eigenvalue weighted by Crippen LogP contribution is -2.37. The normalized spacial score (nSPS) is 24.4. The lowest BCUT2D eigenvalue weighted by atomic mass is 9.73. The van der Waals surface area contributed by atoms with Gasteiger partial charge in [0.15, 0.2) is 11.9 Å². The van der Waals surface area contributed by atoms with Gasteiger partial charge >= 0.3 is 0 Å². The smallest absolute Gasteiger partial charge is 0.268 e. The Hall–Kier alpha value is -3.29. The monoisotopic (exact) mass is 448 g/mol. The minimum atomic E-state index is -0.570.